The molecule has 1 amide bonds. The summed E-state index contributed by atoms with van der Waals surface area (Å²) in [5.41, 5.74) is 2.25. The number of nitrogens with one attached hydrogen (secondary N) is 1. The number of rotatable bonds is 6. The maximum Gasteiger partial charge on any atom is 0.223 e. The number of carbonyl (C=O) groups is 1. The minimum Gasteiger partial charge on any atom is -0.492 e. The number of carbonyl (C=O) groups excluding carboxylic acids is 1. The van der Waals surface area contributed by atoms with Crippen molar-refractivity contribution in [2.45, 2.75) is 27.2 Å². The molecule has 0 aromatic heterocycles. The second-order valence-corrected chi connectivity index (χ2v) is 4.24. The lowest BCUT2D eigenvalue weighted by molar-refractivity contribution is -0.121. The molecule has 1 aromatic carbocycles. The van der Waals surface area contributed by atoms with Gasteiger partial charge in [-0.2, -0.15) is 0 Å². The van der Waals surface area contributed by atoms with Gasteiger partial charge in [0.25, 0.3) is 0 Å². The molecule has 0 unspecified atom stereocenters. The van der Waals surface area contributed by atoms with Crippen molar-refractivity contribution in [3.05, 3.63) is 29.3 Å². The molecule has 0 spiro atoms. The van der Waals surface area contributed by atoms with Crippen LogP contribution in [0.3, 0.4) is 0 Å². The van der Waals surface area contributed by atoms with Gasteiger partial charge in [0, 0.05) is 12.1 Å². The number of aryl methyl sites for hydroxylation is 1. The smallest absolute Gasteiger partial charge is 0.223 e. The summed E-state index contributed by atoms with van der Waals surface area (Å²) in [5, 5.41) is 14.7. The van der Waals surface area contributed by atoms with Crippen LogP contribution in [0.1, 0.15) is 31.4 Å². The molecule has 0 saturated carbocycles. The largest absolute Gasteiger partial charge is 0.492 e. The zero-order chi connectivity index (χ0) is 14.3. The molecule has 0 aliphatic heterocycles. The van der Waals surface area contributed by atoms with E-state index in [0.29, 0.717) is 31.0 Å². The van der Waals surface area contributed by atoms with Gasteiger partial charge in [0.1, 0.15) is 5.75 Å². The van der Waals surface area contributed by atoms with Crippen LogP contribution in [0, 0.1) is 6.92 Å². The molecular weight excluding hydrogens is 244 g/mol. The van der Waals surface area contributed by atoms with E-state index in [1.165, 1.54) is 0 Å². The monoisotopic (exact) mass is 264 g/mol. The molecule has 0 fully saturated rings. The van der Waals surface area contributed by atoms with E-state index in [9.17, 15) is 4.79 Å². The summed E-state index contributed by atoms with van der Waals surface area (Å²) in [6.07, 6.45) is 0.302. The minimum absolute atomic E-state index is 0.0377. The number of benzene rings is 1. The first kappa shape index (κ1) is 15.0. The third-order valence-electron chi connectivity index (χ3n) is 2.64. The summed E-state index contributed by atoms with van der Waals surface area (Å²) >= 11 is 0. The maximum absolute atomic E-state index is 11.3. The molecule has 104 valence electrons. The van der Waals surface area contributed by atoms with E-state index in [-0.39, 0.29) is 5.91 Å². The van der Waals surface area contributed by atoms with E-state index in [0.717, 1.165) is 11.1 Å². The second kappa shape index (κ2) is 7.41. The standard InChI is InChI=1S/C14H20N2O3/c1-4-15-14(17)7-8-19-13-9-10(2)5-6-12(13)11(3)16-18/h5-6,9,18H,4,7-8H2,1-3H3,(H,15,17). The lowest BCUT2D eigenvalue weighted by Gasteiger charge is -2.11. The summed E-state index contributed by atoms with van der Waals surface area (Å²) in [7, 11) is 0. The van der Waals surface area contributed by atoms with E-state index >= 15 is 0 Å². The molecule has 0 heterocycles. The average Bonchev–Trinajstić information content (AvgIpc) is 2.38. The van der Waals surface area contributed by atoms with Gasteiger partial charge in [-0.25, -0.2) is 0 Å². The fourth-order valence-corrected chi connectivity index (χ4v) is 1.64. The van der Waals surface area contributed by atoms with Gasteiger partial charge in [-0.1, -0.05) is 11.2 Å². The van der Waals surface area contributed by atoms with Crippen LogP contribution >= 0.6 is 0 Å². The zero-order valence-corrected chi connectivity index (χ0v) is 11.6. The number of amides is 1. The molecule has 0 aliphatic carbocycles. The topological polar surface area (TPSA) is 70.9 Å². The number of nitrogens with zero attached hydrogens (tertiary/aromatic N) is 1. The highest BCUT2D eigenvalue weighted by molar-refractivity contribution is 6.00. The predicted octanol–water partition coefficient (Wildman–Crippen LogP) is 2.10. The minimum atomic E-state index is -0.0377. The zero-order valence-electron chi connectivity index (χ0n) is 11.6. The van der Waals surface area contributed by atoms with Crippen molar-refractivity contribution < 1.29 is 14.7 Å². The highest BCUT2D eigenvalue weighted by Gasteiger charge is 2.08. The Bertz CT molecular complexity index is 470. The number of ether oxygens (including phenoxy) is 1. The Labute approximate surface area is 113 Å². The molecule has 5 heteroatoms. The van der Waals surface area contributed by atoms with Crippen LogP contribution < -0.4 is 10.1 Å². The second-order valence-electron chi connectivity index (χ2n) is 4.24. The van der Waals surface area contributed by atoms with E-state index in [1.807, 2.05) is 32.0 Å². The Balaban J connectivity index is 2.71. The lowest BCUT2D eigenvalue weighted by atomic mass is 10.1. The van der Waals surface area contributed by atoms with E-state index < -0.39 is 0 Å². The van der Waals surface area contributed by atoms with Crippen LogP contribution in [0.2, 0.25) is 0 Å². The Morgan fingerprint density at radius 3 is 2.84 bits per heavy atom. The van der Waals surface area contributed by atoms with Gasteiger partial charge >= 0.3 is 0 Å². The van der Waals surface area contributed by atoms with Crippen LogP contribution in [0.5, 0.6) is 5.75 Å². The van der Waals surface area contributed by atoms with Gasteiger partial charge in [0.15, 0.2) is 0 Å². The van der Waals surface area contributed by atoms with Crippen molar-refractivity contribution >= 4 is 11.6 Å². The third-order valence-corrected chi connectivity index (χ3v) is 2.64. The number of hydrogen-bond acceptors (Lipinski definition) is 4. The van der Waals surface area contributed by atoms with Crippen LogP contribution in [0.25, 0.3) is 0 Å². The molecular formula is C14H20N2O3. The first-order valence-corrected chi connectivity index (χ1v) is 6.27. The van der Waals surface area contributed by atoms with E-state index in [4.69, 9.17) is 9.94 Å². The van der Waals surface area contributed by atoms with E-state index in [1.54, 1.807) is 6.92 Å². The molecule has 5 nitrogen and oxygen atoms in total. The van der Waals surface area contributed by atoms with Crippen molar-refractivity contribution in [2.24, 2.45) is 5.16 Å². The summed E-state index contributed by atoms with van der Waals surface area (Å²) in [6, 6.07) is 5.62. The van der Waals surface area contributed by atoms with Crippen LogP contribution in [-0.4, -0.2) is 30.0 Å². The molecule has 19 heavy (non-hydrogen) atoms. The number of oxime groups is 1. The van der Waals surface area contributed by atoms with Crippen molar-refractivity contribution in [3.8, 4) is 5.75 Å². The van der Waals surface area contributed by atoms with Crippen LogP contribution in [0.15, 0.2) is 23.4 Å². The normalized spacial score (nSPS) is 11.2. The molecule has 0 saturated heterocycles. The molecule has 0 bridgehead atoms. The third kappa shape index (κ3) is 4.62. The molecule has 1 aromatic rings. The lowest BCUT2D eigenvalue weighted by Crippen LogP contribution is -2.24. The highest BCUT2D eigenvalue weighted by atomic mass is 16.5. The first-order valence-electron chi connectivity index (χ1n) is 6.27. The molecule has 1 rings (SSSR count). The first-order chi connectivity index (χ1) is 9.08. The SMILES string of the molecule is CCNC(=O)CCOc1cc(C)ccc1C(C)=NO. The molecule has 0 atom stereocenters. The van der Waals surface area contributed by atoms with E-state index in [2.05, 4.69) is 10.5 Å². The quantitative estimate of drug-likeness (QED) is 0.469. The Morgan fingerprint density at radius 2 is 2.21 bits per heavy atom. The summed E-state index contributed by atoms with van der Waals surface area (Å²) < 4.78 is 5.61. The van der Waals surface area contributed by atoms with Crippen molar-refractivity contribution in [1.82, 2.24) is 5.32 Å². The molecule has 0 radical (unpaired) electrons. The maximum atomic E-state index is 11.3. The summed E-state index contributed by atoms with van der Waals surface area (Å²) in [6.45, 7) is 6.43. The van der Waals surface area contributed by atoms with Crippen molar-refractivity contribution in [3.63, 3.8) is 0 Å². The fraction of sp³-hybridized carbons (Fsp3) is 0.429. The van der Waals surface area contributed by atoms with Gasteiger partial charge in [-0.3, -0.25) is 4.79 Å². The van der Waals surface area contributed by atoms with Crippen LogP contribution in [-0.2, 0) is 4.79 Å². The Morgan fingerprint density at radius 1 is 1.47 bits per heavy atom. The average molecular weight is 264 g/mol. The van der Waals surface area contributed by atoms with Gasteiger partial charge < -0.3 is 15.3 Å². The van der Waals surface area contributed by atoms with Gasteiger partial charge in [0.2, 0.25) is 5.91 Å². The van der Waals surface area contributed by atoms with Crippen molar-refractivity contribution in [1.29, 1.82) is 0 Å². The van der Waals surface area contributed by atoms with Crippen LogP contribution in [0.4, 0.5) is 0 Å². The highest BCUT2D eigenvalue weighted by Crippen LogP contribution is 2.21. The Kier molecular flexibility index (Phi) is 5.85. The molecule has 2 N–H and O–H groups in total. The summed E-state index contributed by atoms with van der Waals surface area (Å²) in [5.74, 6) is 0.587. The van der Waals surface area contributed by atoms with Gasteiger partial charge in [-0.05, 0) is 38.5 Å². The number of hydrogen-bond donors (Lipinski definition) is 2. The van der Waals surface area contributed by atoms with Gasteiger partial charge in [-0.15, -0.1) is 0 Å². The summed E-state index contributed by atoms with van der Waals surface area (Å²) in [4.78, 5) is 11.3. The predicted molar refractivity (Wildman–Crippen MR) is 74.0 cm³/mol. The molecule has 0 aliphatic rings. The van der Waals surface area contributed by atoms with Crippen molar-refractivity contribution in [2.75, 3.05) is 13.2 Å². The Hall–Kier alpha value is -2.04. The fourth-order valence-electron chi connectivity index (χ4n) is 1.64. The van der Waals surface area contributed by atoms with Gasteiger partial charge in [0.05, 0.1) is 18.7 Å².